The largest absolute Gasteiger partial charge is 0.338 e. The Morgan fingerprint density at radius 3 is 2.18 bits per heavy atom. The van der Waals surface area contributed by atoms with Gasteiger partial charge in [-0.2, -0.15) is 0 Å². The Bertz CT molecular complexity index is 232. The number of carbonyl (C=O) groups excluding carboxylic acids is 1. The molecule has 3 nitrogen and oxygen atoms in total. The van der Waals surface area contributed by atoms with Crippen molar-refractivity contribution in [2.75, 3.05) is 32.7 Å². The van der Waals surface area contributed by atoms with Gasteiger partial charge in [0.05, 0.1) is 0 Å². The minimum absolute atomic E-state index is 0.133. The first-order valence-corrected chi connectivity index (χ1v) is 6.69. The highest BCUT2D eigenvalue weighted by molar-refractivity contribution is 5.87. The van der Waals surface area contributed by atoms with E-state index in [0.717, 1.165) is 32.7 Å². The Hall–Kier alpha value is -0.830. The van der Waals surface area contributed by atoms with Crippen LogP contribution in [0.25, 0.3) is 0 Å². The maximum Gasteiger partial charge on any atom is 0.246 e. The molecule has 0 saturated carbocycles. The van der Waals surface area contributed by atoms with E-state index in [-0.39, 0.29) is 5.91 Å². The van der Waals surface area contributed by atoms with Crippen molar-refractivity contribution in [2.45, 2.75) is 34.6 Å². The van der Waals surface area contributed by atoms with Crippen molar-refractivity contribution in [3.05, 3.63) is 12.2 Å². The number of allylic oxidation sites excluding steroid dienone is 1. The van der Waals surface area contributed by atoms with E-state index in [4.69, 9.17) is 0 Å². The molecule has 3 heteroatoms. The van der Waals surface area contributed by atoms with E-state index >= 15 is 0 Å². The first-order valence-electron chi connectivity index (χ1n) is 6.69. The molecule has 0 N–H and O–H groups in total. The summed E-state index contributed by atoms with van der Waals surface area (Å²) in [5.41, 5.74) is 0. The van der Waals surface area contributed by atoms with Crippen LogP contribution in [0.4, 0.5) is 0 Å². The van der Waals surface area contributed by atoms with Crippen molar-refractivity contribution in [1.82, 2.24) is 9.80 Å². The average Bonchev–Trinajstić information content (AvgIpc) is 2.28. The smallest absolute Gasteiger partial charge is 0.246 e. The minimum Gasteiger partial charge on any atom is -0.338 e. The zero-order valence-corrected chi connectivity index (χ0v) is 12.1. The lowest BCUT2D eigenvalue weighted by molar-refractivity contribution is -0.126. The minimum atomic E-state index is 0.133. The van der Waals surface area contributed by atoms with Crippen LogP contribution in [0.2, 0.25) is 0 Å². The van der Waals surface area contributed by atoms with E-state index < -0.39 is 0 Å². The molecular weight excluding hydrogens is 212 g/mol. The summed E-state index contributed by atoms with van der Waals surface area (Å²) in [5, 5.41) is 0. The summed E-state index contributed by atoms with van der Waals surface area (Å²) in [5.74, 6) is 0.647. The molecule has 0 aromatic heterocycles. The molecule has 100 valence electrons. The zero-order chi connectivity index (χ0) is 13.3. The third-order valence-corrected chi connectivity index (χ3v) is 2.79. The molecule has 0 unspecified atom stereocenters. The van der Waals surface area contributed by atoms with Crippen LogP contribution in [0, 0.1) is 5.92 Å². The lowest BCUT2D eigenvalue weighted by Crippen LogP contribution is -2.39. The molecule has 0 saturated heterocycles. The van der Waals surface area contributed by atoms with Gasteiger partial charge in [-0.05, 0) is 32.0 Å². The molecule has 0 spiro atoms. The number of amides is 1. The van der Waals surface area contributed by atoms with Gasteiger partial charge >= 0.3 is 0 Å². The zero-order valence-electron chi connectivity index (χ0n) is 12.1. The number of hydrogen-bond donors (Lipinski definition) is 0. The molecule has 1 amide bonds. The summed E-state index contributed by atoms with van der Waals surface area (Å²) < 4.78 is 0. The Morgan fingerprint density at radius 2 is 1.76 bits per heavy atom. The predicted molar refractivity (Wildman–Crippen MR) is 74.0 cm³/mol. The summed E-state index contributed by atoms with van der Waals surface area (Å²) in [6.45, 7) is 15.2. The van der Waals surface area contributed by atoms with Gasteiger partial charge in [0.25, 0.3) is 0 Å². The van der Waals surface area contributed by atoms with E-state index in [2.05, 4.69) is 32.6 Å². The van der Waals surface area contributed by atoms with Crippen LogP contribution < -0.4 is 0 Å². The van der Waals surface area contributed by atoms with Gasteiger partial charge in [0.15, 0.2) is 0 Å². The lowest BCUT2D eigenvalue weighted by Gasteiger charge is -2.27. The van der Waals surface area contributed by atoms with Gasteiger partial charge in [0, 0.05) is 19.6 Å². The molecular formula is C14H28N2O. The van der Waals surface area contributed by atoms with Crippen LogP contribution in [0.1, 0.15) is 34.6 Å². The first kappa shape index (κ1) is 16.2. The number of carbonyl (C=O) groups is 1. The van der Waals surface area contributed by atoms with Crippen LogP contribution in [0.5, 0.6) is 0 Å². The fourth-order valence-corrected chi connectivity index (χ4v) is 1.78. The fraction of sp³-hybridized carbons (Fsp3) is 0.786. The first-order chi connectivity index (χ1) is 8.04. The molecule has 0 aromatic rings. The van der Waals surface area contributed by atoms with Gasteiger partial charge in [-0.25, -0.2) is 0 Å². The topological polar surface area (TPSA) is 23.6 Å². The van der Waals surface area contributed by atoms with E-state index in [1.165, 1.54) is 0 Å². The van der Waals surface area contributed by atoms with Crippen LogP contribution in [-0.2, 0) is 4.79 Å². The Labute approximate surface area is 106 Å². The van der Waals surface area contributed by atoms with E-state index in [1.807, 2.05) is 17.9 Å². The molecule has 0 heterocycles. The third kappa shape index (κ3) is 7.16. The fourth-order valence-electron chi connectivity index (χ4n) is 1.78. The van der Waals surface area contributed by atoms with Crippen molar-refractivity contribution in [1.29, 1.82) is 0 Å². The maximum atomic E-state index is 11.9. The van der Waals surface area contributed by atoms with Crippen molar-refractivity contribution in [2.24, 2.45) is 5.92 Å². The lowest BCUT2D eigenvalue weighted by atomic mass is 10.2. The SMILES string of the molecule is CC=CC(=O)N(CCN(CC)CC)CC(C)C. The number of hydrogen-bond acceptors (Lipinski definition) is 2. The van der Waals surface area contributed by atoms with Crippen LogP contribution in [-0.4, -0.2) is 48.4 Å². The summed E-state index contributed by atoms with van der Waals surface area (Å²) in [7, 11) is 0. The summed E-state index contributed by atoms with van der Waals surface area (Å²) in [6, 6.07) is 0. The number of rotatable bonds is 8. The molecule has 0 rings (SSSR count). The predicted octanol–water partition coefficient (Wildman–Crippen LogP) is 2.39. The van der Waals surface area contributed by atoms with Gasteiger partial charge in [0.2, 0.25) is 5.91 Å². The van der Waals surface area contributed by atoms with Crippen LogP contribution in [0.15, 0.2) is 12.2 Å². The quantitative estimate of drug-likeness (QED) is 0.608. The van der Waals surface area contributed by atoms with E-state index in [1.54, 1.807) is 6.08 Å². The molecule has 17 heavy (non-hydrogen) atoms. The third-order valence-electron chi connectivity index (χ3n) is 2.79. The van der Waals surface area contributed by atoms with Crippen molar-refractivity contribution >= 4 is 5.91 Å². The summed E-state index contributed by atoms with van der Waals surface area (Å²) in [4.78, 5) is 16.2. The second-order valence-electron chi connectivity index (χ2n) is 4.70. The summed E-state index contributed by atoms with van der Waals surface area (Å²) >= 11 is 0. The molecule has 0 aliphatic rings. The average molecular weight is 240 g/mol. The normalized spacial score (nSPS) is 11.7. The Balaban J connectivity index is 4.33. The standard InChI is InChI=1S/C14H28N2O/c1-6-9-14(17)16(12-13(4)5)11-10-15(7-2)8-3/h6,9,13H,7-8,10-12H2,1-5H3. The number of likely N-dealkylation sites (N-methyl/N-ethyl adjacent to an activating group) is 1. The van der Waals surface area contributed by atoms with E-state index in [9.17, 15) is 4.79 Å². The van der Waals surface area contributed by atoms with Crippen molar-refractivity contribution in [3.8, 4) is 0 Å². The highest BCUT2D eigenvalue weighted by Crippen LogP contribution is 2.01. The Morgan fingerprint density at radius 1 is 1.18 bits per heavy atom. The van der Waals surface area contributed by atoms with Gasteiger partial charge in [-0.15, -0.1) is 0 Å². The van der Waals surface area contributed by atoms with Crippen molar-refractivity contribution in [3.63, 3.8) is 0 Å². The Kier molecular flexibility index (Phi) is 8.78. The highest BCUT2D eigenvalue weighted by atomic mass is 16.2. The molecule has 0 aliphatic heterocycles. The van der Waals surface area contributed by atoms with Gasteiger partial charge in [0.1, 0.15) is 0 Å². The summed E-state index contributed by atoms with van der Waals surface area (Å²) in [6.07, 6.45) is 3.47. The molecule has 0 aliphatic carbocycles. The van der Waals surface area contributed by atoms with Crippen LogP contribution >= 0.6 is 0 Å². The number of nitrogens with zero attached hydrogens (tertiary/aromatic N) is 2. The maximum absolute atomic E-state index is 11.9. The van der Waals surface area contributed by atoms with Gasteiger partial charge < -0.3 is 9.80 Å². The van der Waals surface area contributed by atoms with Crippen molar-refractivity contribution < 1.29 is 4.79 Å². The molecule has 0 fully saturated rings. The second-order valence-corrected chi connectivity index (χ2v) is 4.70. The molecule has 0 aromatic carbocycles. The van der Waals surface area contributed by atoms with Gasteiger partial charge in [-0.1, -0.05) is 33.8 Å². The molecule has 0 radical (unpaired) electrons. The molecule has 0 atom stereocenters. The van der Waals surface area contributed by atoms with Gasteiger partial charge in [-0.3, -0.25) is 4.79 Å². The highest BCUT2D eigenvalue weighted by Gasteiger charge is 2.12. The molecule has 0 bridgehead atoms. The monoisotopic (exact) mass is 240 g/mol. The second kappa shape index (κ2) is 9.23. The van der Waals surface area contributed by atoms with Crippen LogP contribution in [0.3, 0.4) is 0 Å². The van der Waals surface area contributed by atoms with E-state index in [0.29, 0.717) is 5.92 Å².